The number of hydrogen-bond donors (Lipinski definition) is 0. The van der Waals surface area contributed by atoms with Gasteiger partial charge >= 0.3 is 0 Å². The number of alkyl halides is 1. The summed E-state index contributed by atoms with van der Waals surface area (Å²) < 4.78 is 5.14. The van der Waals surface area contributed by atoms with Crippen LogP contribution in [-0.4, -0.2) is 24.4 Å². The second kappa shape index (κ2) is 4.97. The molecule has 1 aromatic rings. The fourth-order valence-electron chi connectivity index (χ4n) is 1.94. The maximum atomic E-state index is 11.9. The summed E-state index contributed by atoms with van der Waals surface area (Å²) in [5.41, 5.74) is 2.02. The van der Waals surface area contributed by atoms with Crippen LogP contribution in [0.1, 0.15) is 12.0 Å². The Bertz CT molecular complexity index is 394. The van der Waals surface area contributed by atoms with Gasteiger partial charge in [-0.1, -0.05) is 34.1 Å². The highest BCUT2D eigenvalue weighted by Crippen LogP contribution is 2.28. The first-order valence-electron chi connectivity index (χ1n) is 5.26. The summed E-state index contributed by atoms with van der Waals surface area (Å²) in [5.74, 6) is 0.142. The van der Waals surface area contributed by atoms with Crippen molar-refractivity contribution in [1.82, 2.24) is 0 Å². The van der Waals surface area contributed by atoms with E-state index in [9.17, 15) is 4.79 Å². The van der Waals surface area contributed by atoms with Crippen LogP contribution in [0.25, 0.3) is 0 Å². The lowest BCUT2D eigenvalue weighted by Gasteiger charge is -2.19. The summed E-state index contributed by atoms with van der Waals surface area (Å²) in [7, 11) is 1.66. The van der Waals surface area contributed by atoms with Gasteiger partial charge in [0.15, 0.2) is 0 Å². The van der Waals surface area contributed by atoms with Crippen molar-refractivity contribution < 1.29 is 9.53 Å². The predicted molar refractivity (Wildman–Crippen MR) is 66.8 cm³/mol. The SMILES string of the molecule is COCc1ccccc1N1CCC(Br)C1=O. The maximum Gasteiger partial charge on any atom is 0.240 e. The number of amides is 1. The van der Waals surface area contributed by atoms with Gasteiger partial charge in [0.1, 0.15) is 0 Å². The van der Waals surface area contributed by atoms with Crippen LogP contribution in [0.5, 0.6) is 0 Å². The van der Waals surface area contributed by atoms with Crippen molar-refractivity contribution in [3.05, 3.63) is 29.8 Å². The summed E-state index contributed by atoms with van der Waals surface area (Å²) in [6.45, 7) is 1.31. The first-order chi connectivity index (χ1) is 7.74. The number of halogens is 1. The van der Waals surface area contributed by atoms with Crippen LogP contribution < -0.4 is 4.90 Å². The highest BCUT2D eigenvalue weighted by Gasteiger charge is 2.31. The fourth-order valence-corrected chi connectivity index (χ4v) is 2.39. The predicted octanol–water partition coefficient (Wildman–Crippen LogP) is 2.33. The van der Waals surface area contributed by atoms with Crippen LogP contribution in [0.15, 0.2) is 24.3 Å². The van der Waals surface area contributed by atoms with Crippen LogP contribution >= 0.6 is 15.9 Å². The van der Waals surface area contributed by atoms with Gasteiger partial charge in [-0.15, -0.1) is 0 Å². The molecule has 1 aliphatic heterocycles. The monoisotopic (exact) mass is 283 g/mol. The number of carbonyl (C=O) groups excluding carboxylic acids is 1. The summed E-state index contributed by atoms with van der Waals surface area (Å²) >= 11 is 3.38. The third-order valence-electron chi connectivity index (χ3n) is 2.72. The fraction of sp³-hybridized carbons (Fsp3) is 0.417. The largest absolute Gasteiger partial charge is 0.380 e. The lowest BCUT2D eigenvalue weighted by atomic mass is 10.1. The van der Waals surface area contributed by atoms with Crippen LogP contribution in [0.4, 0.5) is 5.69 Å². The minimum absolute atomic E-state index is 0.0388. The van der Waals surface area contributed by atoms with Crippen molar-refractivity contribution in [2.45, 2.75) is 17.9 Å². The van der Waals surface area contributed by atoms with Gasteiger partial charge in [0, 0.05) is 24.9 Å². The molecule has 0 radical (unpaired) electrons. The topological polar surface area (TPSA) is 29.5 Å². The minimum Gasteiger partial charge on any atom is -0.380 e. The lowest BCUT2D eigenvalue weighted by molar-refractivity contribution is -0.116. The Morgan fingerprint density at radius 3 is 2.88 bits per heavy atom. The highest BCUT2D eigenvalue weighted by atomic mass is 79.9. The van der Waals surface area contributed by atoms with Crippen molar-refractivity contribution in [3.63, 3.8) is 0 Å². The molecule has 4 heteroatoms. The van der Waals surface area contributed by atoms with E-state index in [1.807, 2.05) is 29.2 Å². The van der Waals surface area contributed by atoms with Gasteiger partial charge in [0.05, 0.1) is 11.4 Å². The highest BCUT2D eigenvalue weighted by molar-refractivity contribution is 9.10. The Hall–Kier alpha value is -0.870. The van der Waals surface area contributed by atoms with Crippen molar-refractivity contribution in [2.24, 2.45) is 0 Å². The van der Waals surface area contributed by atoms with Crippen LogP contribution in [-0.2, 0) is 16.1 Å². The molecule has 1 aromatic carbocycles. The quantitative estimate of drug-likeness (QED) is 0.797. The van der Waals surface area contributed by atoms with Gasteiger partial charge in [-0.3, -0.25) is 4.79 Å². The number of methoxy groups -OCH3 is 1. The molecular weight excluding hydrogens is 270 g/mol. The van der Waals surface area contributed by atoms with E-state index in [0.717, 1.165) is 24.2 Å². The molecule has 1 atom stereocenters. The standard InChI is InChI=1S/C12H14BrNO2/c1-16-8-9-4-2-3-5-11(9)14-7-6-10(13)12(14)15/h2-5,10H,6-8H2,1H3. The molecule has 0 spiro atoms. The number of para-hydroxylation sites is 1. The van der Waals surface area contributed by atoms with Crippen LogP contribution in [0, 0.1) is 0 Å². The Morgan fingerprint density at radius 1 is 1.50 bits per heavy atom. The molecule has 0 bridgehead atoms. The third-order valence-corrected chi connectivity index (χ3v) is 3.57. The molecule has 3 nitrogen and oxygen atoms in total. The number of carbonyl (C=O) groups is 1. The molecule has 16 heavy (non-hydrogen) atoms. The van der Waals surface area contributed by atoms with E-state index < -0.39 is 0 Å². The Balaban J connectivity index is 2.29. The van der Waals surface area contributed by atoms with Crippen molar-refractivity contribution in [2.75, 3.05) is 18.6 Å². The second-order valence-electron chi connectivity index (χ2n) is 3.81. The minimum atomic E-state index is -0.0388. The molecule has 1 amide bonds. The Morgan fingerprint density at radius 2 is 2.25 bits per heavy atom. The Kier molecular flexibility index (Phi) is 3.61. The molecule has 1 heterocycles. The number of hydrogen-bond acceptors (Lipinski definition) is 2. The van der Waals surface area contributed by atoms with E-state index in [2.05, 4.69) is 15.9 Å². The zero-order valence-corrected chi connectivity index (χ0v) is 10.7. The molecule has 2 rings (SSSR count). The van der Waals surface area contributed by atoms with Gasteiger partial charge in [0.2, 0.25) is 5.91 Å². The van der Waals surface area contributed by atoms with E-state index in [1.54, 1.807) is 7.11 Å². The van der Waals surface area contributed by atoms with E-state index in [0.29, 0.717) is 6.61 Å². The first kappa shape index (κ1) is 11.6. The molecule has 0 N–H and O–H groups in total. The number of anilines is 1. The molecule has 1 saturated heterocycles. The number of nitrogens with zero attached hydrogens (tertiary/aromatic N) is 1. The summed E-state index contributed by atoms with van der Waals surface area (Å²) in [6, 6.07) is 7.87. The summed E-state index contributed by atoms with van der Waals surface area (Å²) in [6.07, 6.45) is 0.861. The van der Waals surface area contributed by atoms with Crippen molar-refractivity contribution in [3.8, 4) is 0 Å². The van der Waals surface area contributed by atoms with Gasteiger partial charge in [-0.25, -0.2) is 0 Å². The number of ether oxygens (including phenoxy) is 1. The van der Waals surface area contributed by atoms with Crippen LogP contribution in [0.2, 0.25) is 0 Å². The van der Waals surface area contributed by atoms with Gasteiger partial charge in [-0.05, 0) is 12.5 Å². The molecule has 0 aliphatic carbocycles. The Labute approximate surface area is 104 Å². The van der Waals surface area contributed by atoms with E-state index in [-0.39, 0.29) is 10.7 Å². The van der Waals surface area contributed by atoms with E-state index >= 15 is 0 Å². The van der Waals surface area contributed by atoms with Crippen molar-refractivity contribution in [1.29, 1.82) is 0 Å². The zero-order chi connectivity index (χ0) is 11.5. The third kappa shape index (κ3) is 2.13. The lowest BCUT2D eigenvalue weighted by Crippen LogP contribution is -2.28. The number of rotatable bonds is 3. The second-order valence-corrected chi connectivity index (χ2v) is 4.91. The zero-order valence-electron chi connectivity index (χ0n) is 9.15. The summed E-state index contributed by atoms with van der Waals surface area (Å²) in [4.78, 5) is 13.7. The van der Waals surface area contributed by atoms with E-state index in [1.165, 1.54) is 0 Å². The molecule has 1 aliphatic rings. The average molecular weight is 284 g/mol. The first-order valence-corrected chi connectivity index (χ1v) is 6.18. The van der Waals surface area contributed by atoms with Crippen molar-refractivity contribution >= 4 is 27.5 Å². The van der Waals surface area contributed by atoms with E-state index in [4.69, 9.17) is 4.74 Å². The van der Waals surface area contributed by atoms with Gasteiger partial charge < -0.3 is 9.64 Å². The average Bonchev–Trinajstić information content (AvgIpc) is 2.61. The maximum absolute atomic E-state index is 11.9. The molecule has 1 unspecified atom stereocenters. The normalized spacial score (nSPS) is 20.5. The molecule has 1 fully saturated rings. The molecule has 0 aromatic heterocycles. The number of benzene rings is 1. The van der Waals surface area contributed by atoms with Gasteiger partial charge in [-0.2, -0.15) is 0 Å². The summed E-state index contributed by atoms with van der Waals surface area (Å²) in [5, 5.41) is 0. The molecular formula is C12H14BrNO2. The molecule has 86 valence electrons. The van der Waals surface area contributed by atoms with Gasteiger partial charge in [0.25, 0.3) is 0 Å². The van der Waals surface area contributed by atoms with Crippen LogP contribution in [0.3, 0.4) is 0 Å². The smallest absolute Gasteiger partial charge is 0.240 e. The molecule has 0 saturated carbocycles.